The van der Waals surface area contributed by atoms with Gasteiger partial charge in [-0.15, -0.1) is 0 Å². The molecule has 7 heteroatoms. The molecule has 136 valence electrons. The van der Waals surface area contributed by atoms with Crippen LogP contribution in [0.3, 0.4) is 0 Å². The Morgan fingerprint density at radius 2 is 1.62 bits per heavy atom. The van der Waals surface area contributed by atoms with Crippen LogP contribution in [-0.2, 0) is 27.1 Å². The lowest BCUT2D eigenvalue weighted by molar-refractivity contribution is -0.128. The Hall–Kier alpha value is -0.730. The Kier molecular flexibility index (Phi) is 10.4. The van der Waals surface area contributed by atoms with Crippen molar-refractivity contribution >= 4 is 28.3 Å². The first kappa shape index (κ1) is 21.3. The molecule has 2 N–H and O–H groups in total. The summed E-state index contributed by atoms with van der Waals surface area (Å²) in [5, 5.41) is 8.14. The fourth-order valence-corrected chi connectivity index (χ4v) is 4.33. The zero-order valence-electron chi connectivity index (χ0n) is 14.3. The molecule has 3 atom stereocenters. The molecule has 5 nitrogen and oxygen atoms in total. The van der Waals surface area contributed by atoms with E-state index in [4.69, 9.17) is 5.21 Å². The number of hydrogen-bond donors (Lipinski definition) is 2. The van der Waals surface area contributed by atoms with Gasteiger partial charge in [0.2, 0.25) is 5.25 Å². The topological polar surface area (TPSA) is 95.5 Å². The van der Waals surface area contributed by atoms with Crippen molar-refractivity contribution in [3.05, 3.63) is 24.3 Å². The highest BCUT2D eigenvalue weighted by molar-refractivity contribution is 7.92. The van der Waals surface area contributed by atoms with Gasteiger partial charge in [0.25, 0.3) is 5.91 Å². The number of carbonyl (C=O) groups excluding carboxylic acids is 1. The molecule has 0 saturated heterocycles. The Labute approximate surface area is 150 Å². The van der Waals surface area contributed by atoms with Crippen LogP contribution < -0.4 is 5.48 Å². The second-order valence-corrected chi connectivity index (χ2v) is 8.76. The third-order valence-corrected chi connectivity index (χ3v) is 6.51. The third-order valence-electron chi connectivity index (χ3n) is 3.87. The molecule has 0 aliphatic carbocycles. The second-order valence-electron chi connectivity index (χ2n) is 5.74. The van der Waals surface area contributed by atoms with Crippen LogP contribution in [0.25, 0.3) is 0 Å². The van der Waals surface area contributed by atoms with Gasteiger partial charge in [0.05, 0.1) is 0 Å². The summed E-state index contributed by atoms with van der Waals surface area (Å²) in [6.45, 7) is 2.16. The fraction of sp³-hybridized carbons (Fsp3) is 0.588. The van der Waals surface area contributed by atoms with Crippen LogP contribution in [0, 0.1) is 0 Å². The first-order valence-electron chi connectivity index (χ1n) is 8.29. The van der Waals surface area contributed by atoms with E-state index in [0.717, 1.165) is 19.3 Å². The lowest BCUT2D eigenvalue weighted by atomic mass is 10.1. The van der Waals surface area contributed by atoms with E-state index >= 15 is 0 Å². The molecule has 0 saturated carbocycles. The first-order valence-corrected chi connectivity index (χ1v) is 11.1. The summed E-state index contributed by atoms with van der Waals surface area (Å²) in [6.07, 6.45) is 8.48. The van der Waals surface area contributed by atoms with E-state index in [1.165, 1.54) is 19.3 Å². The number of carbonyl (C=O) groups is 1. The summed E-state index contributed by atoms with van der Waals surface area (Å²) in [5.41, 5.74) is 1.63. The number of unbranched alkanes of at least 4 members (excludes halogenated alkanes) is 5. The van der Waals surface area contributed by atoms with Crippen LogP contribution in [0.5, 0.6) is 0 Å². The number of hydrogen-bond acceptors (Lipinski definition) is 4. The maximum absolute atomic E-state index is 12.7. The molecule has 3 unspecified atom stereocenters. The minimum absolute atomic E-state index is 0.465. The van der Waals surface area contributed by atoms with Crippen LogP contribution in [0.4, 0.5) is 0 Å². The van der Waals surface area contributed by atoms with Crippen LogP contribution in [-0.4, -0.2) is 31.7 Å². The summed E-state index contributed by atoms with van der Waals surface area (Å²) in [7, 11) is 0. The summed E-state index contributed by atoms with van der Waals surface area (Å²) in [6, 6.07) is 6.57. The van der Waals surface area contributed by atoms with Crippen molar-refractivity contribution in [3.8, 4) is 0 Å². The highest BCUT2D eigenvalue weighted by atomic mass is 32.2. The summed E-state index contributed by atoms with van der Waals surface area (Å²) in [5.74, 6) is -0.620. The van der Waals surface area contributed by atoms with Gasteiger partial charge in [-0.1, -0.05) is 39.0 Å². The minimum Gasteiger partial charge on any atom is -0.612 e. The Morgan fingerprint density at radius 1 is 1.08 bits per heavy atom. The standard InChI is InChI=1S/C17H27NO4S2/c1-3-4-5-6-7-8-9-16(17(19)18-20)24(22)15-12-10-14(11-13-15)23(2)21/h10-13,16,20H,3-9H2,1-2H3,(H,18,19). The van der Waals surface area contributed by atoms with Crippen molar-refractivity contribution < 1.29 is 19.1 Å². The molecule has 0 fully saturated rings. The monoisotopic (exact) mass is 373 g/mol. The second kappa shape index (κ2) is 11.8. The van der Waals surface area contributed by atoms with Crippen molar-refractivity contribution in [2.45, 2.75) is 66.9 Å². The van der Waals surface area contributed by atoms with Crippen LogP contribution in [0.15, 0.2) is 34.1 Å². The van der Waals surface area contributed by atoms with Gasteiger partial charge < -0.3 is 9.11 Å². The maximum atomic E-state index is 12.7. The van der Waals surface area contributed by atoms with E-state index in [2.05, 4.69) is 6.92 Å². The third kappa shape index (κ3) is 7.03. The Bertz CT molecular complexity index is 482. The average Bonchev–Trinajstić information content (AvgIpc) is 2.60. The van der Waals surface area contributed by atoms with Crippen LogP contribution >= 0.6 is 0 Å². The molecule has 24 heavy (non-hydrogen) atoms. The van der Waals surface area contributed by atoms with Crippen molar-refractivity contribution in [3.63, 3.8) is 0 Å². The molecule has 0 spiro atoms. The van der Waals surface area contributed by atoms with E-state index in [1.54, 1.807) is 36.0 Å². The number of amides is 1. The molecule has 0 radical (unpaired) electrons. The predicted molar refractivity (Wildman–Crippen MR) is 96.9 cm³/mol. The van der Waals surface area contributed by atoms with Crippen LogP contribution in [0.1, 0.15) is 51.9 Å². The lowest BCUT2D eigenvalue weighted by Crippen LogP contribution is -2.38. The zero-order chi connectivity index (χ0) is 17.9. The molecule has 1 amide bonds. The smallest absolute Gasteiger partial charge is 0.296 e. The normalized spacial score (nSPS) is 14.9. The van der Waals surface area contributed by atoms with E-state index in [1.807, 2.05) is 0 Å². The number of hydroxylamine groups is 1. The van der Waals surface area contributed by atoms with Crippen molar-refractivity contribution in [1.29, 1.82) is 0 Å². The molecular weight excluding hydrogens is 346 g/mol. The van der Waals surface area contributed by atoms with Gasteiger partial charge in [0.1, 0.15) is 6.26 Å². The quantitative estimate of drug-likeness (QED) is 0.269. The highest BCUT2D eigenvalue weighted by Gasteiger charge is 2.31. The van der Waals surface area contributed by atoms with Gasteiger partial charge in [-0.05, 0) is 53.0 Å². The zero-order valence-corrected chi connectivity index (χ0v) is 16.0. The largest absolute Gasteiger partial charge is 0.612 e. The molecule has 0 heterocycles. The highest BCUT2D eigenvalue weighted by Crippen LogP contribution is 2.23. The average molecular weight is 374 g/mol. The summed E-state index contributed by atoms with van der Waals surface area (Å²) in [4.78, 5) is 13.0. The number of benzene rings is 1. The van der Waals surface area contributed by atoms with Gasteiger partial charge >= 0.3 is 0 Å². The van der Waals surface area contributed by atoms with Crippen molar-refractivity contribution in [1.82, 2.24) is 5.48 Å². The number of nitrogens with one attached hydrogen (secondary N) is 1. The van der Waals surface area contributed by atoms with Gasteiger partial charge in [0.15, 0.2) is 9.79 Å². The van der Waals surface area contributed by atoms with Gasteiger partial charge in [-0.3, -0.25) is 10.0 Å². The molecule has 0 aliphatic heterocycles. The van der Waals surface area contributed by atoms with E-state index in [-0.39, 0.29) is 0 Å². The fourth-order valence-electron chi connectivity index (χ4n) is 2.45. The minimum atomic E-state index is -1.55. The summed E-state index contributed by atoms with van der Waals surface area (Å²) < 4.78 is 24.1. The van der Waals surface area contributed by atoms with Crippen LogP contribution in [0.2, 0.25) is 0 Å². The molecule has 1 aromatic rings. The molecular formula is C17H27NO4S2. The van der Waals surface area contributed by atoms with E-state index < -0.39 is 33.5 Å². The molecule has 1 rings (SSSR count). The molecule has 0 aliphatic rings. The van der Waals surface area contributed by atoms with E-state index in [9.17, 15) is 13.9 Å². The maximum Gasteiger partial charge on any atom is 0.296 e. The predicted octanol–water partition coefficient (Wildman–Crippen LogP) is 3.16. The molecule has 1 aromatic carbocycles. The van der Waals surface area contributed by atoms with E-state index in [0.29, 0.717) is 16.2 Å². The Morgan fingerprint density at radius 3 is 2.17 bits per heavy atom. The first-order chi connectivity index (χ1) is 11.5. The molecule has 0 bridgehead atoms. The van der Waals surface area contributed by atoms with Gasteiger partial charge in [0, 0.05) is 6.42 Å². The SMILES string of the molecule is CCCCCCCCC(C(=O)NO)[S+]([O-])c1ccc([S+](C)[O-])cc1. The summed E-state index contributed by atoms with van der Waals surface area (Å²) >= 11 is -2.65. The van der Waals surface area contributed by atoms with Gasteiger partial charge in [-0.2, -0.15) is 0 Å². The van der Waals surface area contributed by atoms with Crippen molar-refractivity contribution in [2.75, 3.05) is 6.26 Å². The van der Waals surface area contributed by atoms with Crippen molar-refractivity contribution in [2.24, 2.45) is 0 Å². The lowest BCUT2D eigenvalue weighted by Gasteiger charge is -2.19. The van der Waals surface area contributed by atoms with Gasteiger partial charge in [-0.25, -0.2) is 5.48 Å². The number of rotatable bonds is 11. The Balaban J connectivity index is 2.64. The molecule has 0 aromatic heterocycles.